The molecule has 1 fully saturated rings. The fourth-order valence-corrected chi connectivity index (χ4v) is 2.26. The van der Waals surface area contributed by atoms with E-state index in [1.807, 2.05) is 0 Å². The molecule has 0 heterocycles. The molecule has 0 saturated heterocycles. The predicted molar refractivity (Wildman–Crippen MR) is 67.5 cm³/mol. The van der Waals surface area contributed by atoms with Crippen LogP contribution in [0, 0.1) is 5.92 Å². The second kappa shape index (κ2) is 10.1. The fraction of sp³-hybridized carbons (Fsp3) is 0.929. The van der Waals surface area contributed by atoms with Crippen LogP contribution in [0.15, 0.2) is 0 Å². The van der Waals surface area contributed by atoms with Gasteiger partial charge in [-0.05, 0) is 12.8 Å². The van der Waals surface area contributed by atoms with E-state index in [0.717, 1.165) is 13.2 Å². The van der Waals surface area contributed by atoms with Crippen LogP contribution in [0.1, 0.15) is 57.8 Å². The van der Waals surface area contributed by atoms with E-state index in [2.05, 4.69) is 0 Å². The molecule has 2 nitrogen and oxygen atoms in total. The van der Waals surface area contributed by atoms with Crippen LogP contribution in [0.2, 0.25) is 0 Å². The average molecular weight is 227 g/mol. The molecule has 0 aliphatic heterocycles. The van der Waals surface area contributed by atoms with Crippen molar-refractivity contribution in [2.24, 2.45) is 0 Å². The first-order chi connectivity index (χ1) is 7.93. The smallest absolute Gasteiger partial charge is 0.0700 e. The molecule has 1 radical (unpaired) electrons. The summed E-state index contributed by atoms with van der Waals surface area (Å²) in [7, 11) is 1.72. The molecule has 1 aliphatic carbocycles. The van der Waals surface area contributed by atoms with Crippen molar-refractivity contribution in [3.63, 3.8) is 0 Å². The van der Waals surface area contributed by atoms with Gasteiger partial charge in [-0.1, -0.05) is 44.9 Å². The normalized spacial score (nSPS) is 20.8. The Morgan fingerprint density at radius 3 is 1.94 bits per heavy atom. The summed E-state index contributed by atoms with van der Waals surface area (Å²) in [4.78, 5) is 0. The Kier molecular flexibility index (Phi) is 8.83. The second-order valence-corrected chi connectivity index (χ2v) is 4.77. The molecular formula is C14H27O2. The first kappa shape index (κ1) is 14.0. The summed E-state index contributed by atoms with van der Waals surface area (Å²) in [5, 5.41) is 0. The summed E-state index contributed by atoms with van der Waals surface area (Å²) in [5.74, 6) is 1.62. The van der Waals surface area contributed by atoms with Crippen molar-refractivity contribution >= 4 is 0 Å². The highest BCUT2D eigenvalue weighted by Crippen LogP contribution is 2.23. The highest BCUT2D eigenvalue weighted by atomic mass is 16.5. The van der Waals surface area contributed by atoms with Crippen molar-refractivity contribution in [1.29, 1.82) is 0 Å². The van der Waals surface area contributed by atoms with Crippen LogP contribution in [0.25, 0.3) is 0 Å². The van der Waals surface area contributed by atoms with E-state index >= 15 is 0 Å². The van der Waals surface area contributed by atoms with Gasteiger partial charge in [0.25, 0.3) is 0 Å². The van der Waals surface area contributed by atoms with Gasteiger partial charge in [-0.2, -0.15) is 0 Å². The Labute approximate surface area is 101 Å². The zero-order valence-electron chi connectivity index (χ0n) is 10.8. The molecule has 1 saturated carbocycles. The van der Waals surface area contributed by atoms with Gasteiger partial charge in [0, 0.05) is 13.0 Å². The zero-order valence-corrected chi connectivity index (χ0v) is 10.8. The summed E-state index contributed by atoms with van der Waals surface area (Å²) < 4.78 is 10.6. The van der Waals surface area contributed by atoms with Crippen molar-refractivity contribution in [1.82, 2.24) is 0 Å². The maximum absolute atomic E-state index is 5.62. The van der Waals surface area contributed by atoms with Gasteiger partial charge in [-0.25, -0.2) is 0 Å². The number of hydrogen-bond acceptors (Lipinski definition) is 2. The lowest BCUT2D eigenvalue weighted by molar-refractivity contribution is 0.0729. The van der Waals surface area contributed by atoms with Crippen LogP contribution in [0.4, 0.5) is 0 Å². The minimum Gasteiger partial charge on any atom is -0.382 e. The van der Waals surface area contributed by atoms with E-state index in [1.54, 1.807) is 13.0 Å². The molecule has 2 heteroatoms. The summed E-state index contributed by atoms with van der Waals surface area (Å²) in [6.45, 7) is 2.32. The molecule has 0 unspecified atom stereocenters. The summed E-state index contributed by atoms with van der Waals surface area (Å²) in [6.07, 6.45) is 12.4. The van der Waals surface area contributed by atoms with Crippen LogP contribution in [-0.2, 0) is 9.47 Å². The molecule has 16 heavy (non-hydrogen) atoms. The Bertz CT molecular complexity index is 138. The quantitative estimate of drug-likeness (QED) is 0.666. The lowest BCUT2D eigenvalue weighted by Gasteiger charge is -2.17. The summed E-state index contributed by atoms with van der Waals surface area (Å²) in [5.41, 5.74) is 0. The van der Waals surface area contributed by atoms with E-state index in [-0.39, 0.29) is 0 Å². The van der Waals surface area contributed by atoms with Gasteiger partial charge in [-0.3, -0.25) is 0 Å². The van der Waals surface area contributed by atoms with Gasteiger partial charge < -0.3 is 9.47 Å². The van der Waals surface area contributed by atoms with Crippen molar-refractivity contribution in [2.75, 3.05) is 26.9 Å². The maximum atomic E-state index is 5.62. The number of hydrogen-bond donors (Lipinski definition) is 0. The third-order valence-corrected chi connectivity index (χ3v) is 3.30. The van der Waals surface area contributed by atoms with Crippen LogP contribution in [0.3, 0.4) is 0 Å². The van der Waals surface area contributed by atoms with Gasteiger partial charge in [0.15, 0.2) is 0 Å². The van der Waals surface area contributed by atoms with Gasteiger partial charge in [0.2, 0.25) is 0 Å². The lowest BCUT2D eigenvalue weighted by atomic mass is 9.93. The standard InChI is InChI=1S/C14H27O2/c1-15-11-12-16-13-14-9-7-5-3-2-4-6-8-10-14/h2-13H2,1H3. The van der Waals surface area contributed by atoms with E-state index in [9.17, 15) is 0 Å². The molecule has 0 aromatic rings. The maximum Gasteiger partial charge on any atom is 0.0700 e. The number of ether oxygens (including phenoxy) is 2. The van der Waals surface area contributed by atoms with E-state index in [1.165, 1.54) is 57.8 Å². The SMILES string of the molecule is COCCOC[C]1CCCCCCCCC1. The molecule has 0 spiro atoms. The van der Waals surface area contributed by atoms with Crippen molar-refractivity contribution in [3.05, 3.63) is 5.92 Å². The second-order valence-electron chi connectivity index (χ2n) is 4.77. The van der Waals surface area contributed by atoms with Gasteiger partial charge in [0.05, 0.1) is 19.8 Å². The molecule has 0 amide bonds. The number of rotatable bonds is 5. The average Bonchev–Trinajstić information content (AvgIpc) is 2.32. The van der Waals surface area contributed by atoms with Crippen LogP contribution >= 0.6 is 0 Å². The highest BCUT2D eigenvalue weighted by molar-refractivity contribution is 4.89. The van der Waals surface area contributed by atoms with Gasteiger partial charge in [-0.15, -0.1) is 0 Å². The van der Waals surface area contributed by atoms with Gasteiger partial charge >= 0.3 is 0 Å². The lowest BCUT2D eigenvalue weighted by Crippen LogP contribution is -2.11. The molecule has 95 valence electrons. The molecule has 0 N–H and O–H groups in total. The molecule has 0 aromatic carbocycles. The first-order valence-corrected chi connectivity index (χ1v) is 6.83. The Morgan fingerprint density at radius 1 is 0.812 bits per heavy atom. The molecule has 1 aliphatic rings. The van der Waals surface area contributed by atoms with Crippen molar-refractivity contribution < 1.29 is 9.47 Å². The van der Waals surface area contributed by atoms with E-state index in [0.29, 0.717) is 6.61 Å². The third-order valence-electron chi connectivity index (χ3n) is 3.30. The summed E-state index contributed by atoms with van der Waals surface area (Å²) >= 11 is 0. The highest BCUT2D eigenvalue weighted by Gasteiger charge is 2.10. The molecular weight excluding hydrogens is 200 g/mol. The minimum atomic E-state index is 0.716. The van der Waals surface area contributed by atoms with E-state index in [4.69, 9.17) is 9.47 Å². The van der Waals surface area contributed by atoms with Crippen LogP contribution in [0.5, 0.6) is 0 Å². The van der Waals surface area contributed by atoms with Gasteiger partial charge in [0.1, 0.15) is 0 Å². The number of methoxy groups -OCH3 is 1. The largest absolute Gasteiger partial charge is 0.382 e. The molecule has 0 aromatic heterocycles. The monoisotopic (exact) mass is 227 g/mol. The molecule has 0 bridgehead atoms. The molecule has 0 atom stereocenters. The Balaban J connectivity index is 2.09. The minimum absolute atomic E-state index is 0.716. The predicted octanol–water partition coefficient (Wildman–Crippen LogP) is 3.75. The Morgan fingerprint density at radius 2 is 1.38 bits per heavy atom. The Hall–Kier alpha value is -0.0800. The van der Waals surface area contributed by atoms with E-state index < -0.39 is 0 Å². The zero-order chi connectivity index (χ0) is 11.5. The topological polar surface area (TPSA) is 18.5 Å². The fourth-order valence-electron chi connectivity index (χ4n) is 2.26. The van der Waals surface area contributed by atoms with Crippen LogP contribution in [-0.4, -0.2) is 26.9 Å². The van der Waals surface area contributed by atoms with Crippen molar-refractivity contribution in [2.45, 2.75) is 57.8 Å². The van der Waals surface area contributed by atoms with Crippen LogP contribution < -0.4 is 0 Å². The third kappa shape index (κ3) is 7.24. The molecule has 1 rings (SSSR count). The van der Waals surface area contributed by atoms with Crippen molar-refractivity contribution in [3.8, 4) is 0 Å². The first-order valence-electron chi connectivity index (χ1n) is 6.83. The summed E-state index contributed by atoms with van der Waals surface area (Å²) in [6, 6.07) is 0.